The van der Waals surface area contributed by atoms with Gasteiger partial charge in [-0.05, 0) is 49.2 Å². The van der Waals surface area contributed by atoms with E-state index in [0.717, 1.165) is 16.8 Å². The van der Waals surface area contributed by atoms with Crippen molar-refractivity contribution in [1.29, 1.82) is 0 Å². The van der Waals surface area contributed by atoms with Gasteiger partial charge >= 0.3 is 0 Å². The quantitative estimate of drug-likeness (QED) is 0.427. The van der Waals surface area contributed by atoms with Crippen molar-refractivity contribution in [3.63, 3.8) is 0 Å². The van der Waals surface area contributed by atoms with Crippen LogP contribution in [0.15, 0.2) is 91.1 Å². The fraction of sp³-hybridized carbons (Fsp3) is 0.148. The van der Waals surface area contributed by atoms with Gasteiger partial charge in [-0.3, -0.25) is 9.59 Å². The summed E-state index contributed by atoms with van der Waals surface area (Å²) in [6, 6.07) is 26.8. The number of para-hydroxylation sites is 1. The summed E-state index contributed by atoms with van der Waals surface area (Å²) in [4.78, 5) is 28.0. The molecule has 0 aliphatic heterocycles. The molecule has 2 amide bonds. The van der Waals surface area contributed by atoms with E-state index in [1.54, 1.807) is 21.7 Å². The number of rotatable bonds is 7. The molecule has 4 aromatic rings. The summed E-state index contributed by atoms with van der Waals surface area (Å²) in [6.45, 7) is 4.99. The third kappa shape index (κ3) is 4.70. The molecular weight excluding hydrogens is 412 g/mol. The Balaban J connectivity index is 1.66. The van der Waals surface area contributed by atoms with Crippen LogP contribution in [0, 0.1) is 0 Å². The Hall–Kier alpha value is -4.19. The van der Waals surface area contributed by atoms with Crippen LogP contribution in [0.2, 0.25) is 0 Å². The van der Waals surface area contributed by atoms with Crippen molar-refractivity contribution in [3.8, 4) is 16.8 Å². The minimum atomic E-state index is -0.305. The molecule has 0 spiro atoms. The average Bonchev–Trinajstić information content (AvgIpc) is 3.29. The van der Waals surface area contributed by atoms with Gasteiger partial charge in [-0.1, -0.05) is 60.7 Å². The summed E-state index contributed by atoms with van der Waals surface area (Å²) in [7, 11) is 0. The van der Waals surface area contributed by atoms with Crippen LogP contribution in [0.25, 0.3) is 16.8 Å². The van der Waals surface area contributed by atoms with Gasteiger partial charge in [0.15, 0.2) is 0 Å². The molecule has 3 aromatic carbocycles. The number of benzene rings is 3. The zero-order valence-corrected chi connectivity index (χ0v) is 18.7. The number of amides is 2. The van der Waals surface area contributed by atoms with Crippen molar-refractivity contribution in [2.24, 2.45) is 0 Å². The Morgan fingerprint density at radius 2 is 1.39 bits per heavy atom. The number of anilines is 1. The number of nitrogens with one attached hydrogen (secondary N) is 1. The third-order valence-corrected chi connectivity index (χ3v) is 5.54. The third-order valence-electron chi connectivity index (χ3n) is 5.54. The highest BCUT2D eigenvalue weighted by Crippen LogP contribution is 2.24. The topological polar surface area (TPSA) is 67.2 Å². The zero-order valence-electron chi connectivity index (χ0n) is 18.7. The first-order valence-corrected chi connectivity index (χ1v) is 11.0. The van der Waals surface area contributed by atoms with Gasteiger partial charge in [-0.25, -0.2) is 4.68 Å². The Kier molecular flexibility index (Phi) is 6.64. The summed E-state index contributed by atoms with van der Waals surface area (Å²) >= 11 is 0. The van der Waals surface area contributed by atoms with E-state index in [1.165, 1.54) is 6.20 Å². The van der Waals surface area contributed by atoms with Crippen molar-refractivity contribution in [2.45, 2.75) is 13.8 Å². The molecule has 0 unspecified atom stereocenters. The lowest BCUT2D eigenvalue weighted by Crippen LogP contribution is -2.31. The second-order valence-electron chi connectivity index (χ2n) is 7.53. The Labute approximate surface area is 193 Å². The zero-order chi connectivity index (χ0) is 23.2. The molecule has 1 N–H and O–H groups in total. The molecule has 6 nitrogen and oxygen atoms in total. The minimum Gasteiger partial charge on any atom is -0.339 e. The van der Waals surface area contributed by atoms with Crippen molar-refractivity contribution in [3.05, 3.63) is 102 Å². The van der Waals surface area contributed by atoms with Gasteiger partial charge in [-0.2, -0.15) is 5.10 Å². The molecule has 0 radical (unpaired) electrons. The maximum absolute atomic E-state index is 13.2. The number of hydrogen-bond acceptors (Lipinski definition) is 3. The van der Waals surface area contributed by atoms with Gasteiger partial charge in [-0.15, -0.1) is 0 Å². The molecule has 0 aliphatic rings. The maximum atomic E-state index is 13.2. The fourth-order valence-corrected chi connectivity index (χ4v) is 3.70. The number of carbonyl (C=O) groups is 2. The largest absolute Gasteiger partial charge is 0.339 e. The summed E-state index contributed by atoms with van der Waals surface area (Å²) in [5.74, 6) is -0.118. The number of nitrogens with zero attached hydrogens (tertiary/aromatic N) is 3. The molecular formula is C27H26N4O2. The van der Waals surface area contributed by atoms with Crippen LogP contribution in [-0.2, 0) is 0 Å². The van der Waals surface area contributed by atoms with E-state index in [2.05, 4.69) is 10.4 Å². The molecule has 1 aromatic heterocycles. The van der Waals surface area contributed by atoms with Crippen LogP contribution in [0.4, 0.5) is 5.82 Å². The number of hydrogen-bond donors (Lipinski definition) is 1. The number of carbonyl (C=O) groups excluding carboxylic acids is 2. The Morgan fingerprint density at radius 1 is 0.818 bits per heavy atom. The summed E-state index contributed by atoms with van der Waals surface area (Å²) in [6.07, 6.45) is 1.52. The SMILES string of the molecule is CCN(CC)C(=O)c1cnn(-c2ccccc2)c1NC(=O)c1ccc(-c2ccccc2)cc1. The van der Waals surface area contributed by atoms with Crippen molar-refractivity contribution in [1.82, 2.24) is 14.7 Å². The molecule has 0 fully saturated rings. The first-order chi connectivity index (χ1) is 16.1. The Bertz CT molecular complexity index is 1230. The summed E-state index contributed by atoms with van der Waals surface area (Å²) < 4.78 is 1.59. The van der Waals surface area contributed by atoms with Crippen LogP contribution in [0.3, 0.4) is 0 Å². The average molecular weight is 439 g/mol. The molecule has 6 heteroatoms. The van der Waals surface area contributed by atoms with Crippen LogP contribution >= 0.6 is 0 Å². The molecule has 166 valence electrons. The first kappa shape index (κ1) is 22.0. The monoisotopic (exact) mass is 438 g/mol. The van der Waals surface area contributed by atoms with Crippen LogP contribution < -0.4 is 5.32 Å². The van der Waals surface area contributed by atoms with E-state index in [1.807, 2.05) is 86.6 Å². The van der Waals surface area contributed by atoms with Crippen LogP contribution in [0.5, 0.6) is 0 Å². The molecule has 0 saturated heterocycles. The van der Waals surface area contributed by atoms with E-state index in [4.69, 9.17) is 0 Å². The van der Waals surface area contributed by atoms with Crippen molar-refractivity contribution in [2.75, 3.05) is 18.4 Å². The fourth-order valence-electron chi connectivity index (χ4n) is 3.70. The summed E-state index contributed by atoms with van der Waals surface area (Å²) in [5.41, 5.74) is 3.72. The smallest absolute Gasteiger partial charge is 0.259 e. The van der Waals surface area contributed by atoms with E-state index in [0.29, 0.717) is 30.0 Å². The molecule has 0 aliphatic carbocycles. The van der Waals surface area contributed by atoms with Gasteiger partial charge in [0.25, 0.3) is 11.8 Å². The van der Waals surface area contributed by atoms with E-state index in [-0.39, 0.29) is 11.8 Å². The summed E-state index contributed by atoms with van der Waals surface area (Å²) in [5, 5.41) is 7.34. The molecule has 0 saturated carbocycles. The van der Waals surface area contributed by atoms with Crippen LogP contribution in [-0.4, -0.2) is 39.6 Å². The van der Waals surface area contributed by atoms with Crippen molar-refractivity contribution < 1.29 is 9.59 Å². The lowest BCUT2D eigenvalue weighted by molar-refractivity contribution is 0.0774. The molecule has 1 heterocycles. The standard InChI is InChI=1S/C27H26N4O2/c1-3-30(4-2)27(33)24-19-28-31(23-13-9-6-10-14-23)25(24)29-26(32)22-17-15-21(16-18-22)20-11-7-5-8-12-20/h5-19H,3-4H2,1-2H3,(H,29,32). The maximum Gasteiger partial charge on any atom is 0.259 e. The lowest BCUT2D eigenvalue weighted by atomic mass is 10.0. The highest BCUT2D eigenvalue weighted by Gasteiger charge is 2.23. The minimum absolute atomic E-state index is 0.170. The second kappa shape index (κ2) is 9.96. The predicted octanol–water partition coefficient (Wildman–Crippen LogP) is 5.27. The number of aromatic nitrogens is 2. The lowest BCUT2D eigenvalue weighted by Gasteiger charge is -2.19. The first-order valence-electron chi connectivity index (χ1n) is 11.0. The molecule has 0 bridgehead atoms. The van der Waals surface area contributed by atoms with Gasteiger partial charge in [0, 0.05) is 18.7 Å². The van der Waals surface area contributed by atoms with E-state index in [9.17, 15) is 9.59 Å². The second-order valence-corrected chi connectivity index (χ2v) is 7.53. The predicted molar refractivity (Wildman–Crippen MR) is 131 cm³/mol. The molecule has 33 heavy (non-hydrogen) atoms. The van der Waals surface area contributed by atoms with Gasteiger partial charge in [0.05, 0.1) is 11.9 Å². The molecule has 4 rings (SSSR count). The van der Waals surface area contributed by atoms with Crippen molar-refractivity contribution >= 4 is 17.6 Å². The molecule has 0 atom stereocenters. The van der Waals surface area contributed by atoms with Crippen LogP contribution in [0.1, 0.15) is 34.6 Å². The van der Waals surface area contributed by atoms with Gasteiger partial charge < -0.3 is 10.2 Å². The van der Waals surface area contributed by atoms with Gasteiger partial charge in [0.2, 0.25) is 0 Å². The highest BCUT2D eigenvalue weighted by molar-refractivity contribution is 6.08. The highest BCUT2D eigenvalue weighted by atomic mass is 16.2. The normalized spacial score (nSPS) is 10.6. The van der Waals surface area contributed by atoms with E-state index >= 15 is 0 Å². The van der Waals surface area contributed by atoms with E-state index < -0.39 is 0 Å². The Morgan fingerprint density at radius 3 is 2.00 bits per heavy atom. The van der Waals surface area contributed by atoms with Gasteiger partial charge in [0.1, 0.15) is 11.4 Å².